The lowest BCUT2D eigenvalue weighted by Gasteiger charge is -2.06. The van der Waals surface area contributed by atoms with Gasteiger partial charge in [-0.05, 0) is 6.07 Å². The lowest BCUT2D eigenvalue weighted by atomic mass is 10.1. The second kappa shape index (κ2) is 3.84. The number of nitrogens with one attached hydrogen (secondary N) is 2. The quantitative estimate of drug-likeness (QED) is 0.433. The van der Waals surface area contributed by atoms with Crippen LogP contribution in [0.25, 0.3) is 10.9 Å². The maximum Gasteiger partial charge on any atom is 0.416 e. The molecule has 1 heterocycles. The number of nitro benzene ring substituents is 1. The van der Waals surface area contributed by atoms with Gasteiger partial charge in [-0.3, -0.25) is 15.2 Å². The number of anilines is 1. The Morgan fingerprint density at radius 2 is 2.11 bits per heavy atom. The van der Waals surface area contributed by atoms with Crippen molar-refractivity contribution in [2.75, 3.05) is 5.43 Å². The summed E-state index contributed by atoms with van der Waals surface area (Å²) in [5, 5.41) is 16.4. The van der Waals surface area contributed by atoms with E-state index in [-0.39, 0.29) is 16.7 Å². The average molecular weight is 261 g/mol. The van der Waals surface area contributed by atoms with Gasteiger partial charge in [0.25, 0.3) is 5.69 Å². The number of non-ortho nitro benzene ring substituents is 1. The summed E-state index contributed by atoms with van der Waals surface area (Å²) in [5.74, 6) is 4.96. The largest absolute Gasteiger partial charge is 0.416 e. The van der Waals surface area contributed by atoms with Gasteiger partial charge in [0.05, 0.1) is 15.9 Å². The highest BCUT2D eigenvalue weighted by molar-refractivity contribution is 5.96. The van der Waals surface area contributed by atoms with Crippen LogP contribution in [0.4, 0.5) is 24.7 Å². The first-order valence-electron chi connectivity index (χ1n) is 4.55. The highest BCUT2D eigenvalue weighted by Crippen LogP contribution is 2.37. The van der Waals surface area contributed by atoms with E-state index in [0.717, 1.165) is 6.07 Å². The maximum absolute atomic E-state index is 12.6. The number of hydrazine groups is 1. The molecular weight excluding hydrogens is 255 g/mol. The summed E-state index contributed by atoms with van der Waals surface area (Å²) in [4.78, 5) is 9.81. The molecule has 2 rings (SSSR count). The Morgan fingerprint density at radius 1 is 1.44 bits per heavy atom. The average Bonchev–Trinajstić information content (AvgIpc) is 2.68. The van der Waals surface area contributed by atoms with Crippen molar-refractivity contribution in [3.8, 4) is 0 Å². The molecule has 18 heavy (non-hydrogen) atoms. The molecule has 0 aliphatic carbocycles. The molecular formula is C8H6F3N5O2. The summed E-state index contributed by atoms with van der Waals surface area (Å²) >= 11 is 0. The molecule has 1 aromatic heterocycles. The van der Waals surface area contributed by atoms with Crippen LogP contribution >= 0.6 is 0 Å². The number of hydrogen-bond donors (Lipinski definition) is 3. The van der Waals surface area contributed by atoms with Gasteiger partial charge in [0.1, 0.15) is 5.52 Å². The van der Waals surface area contributed by atoms with Crippen LogP contribution in [-0.2, 0) is 6.18 Å². The summed E-state index contributed by atoms with van der Waals surface area (Å²) in [5.41, 5.74) is 0.0850. The van der Waals surface area contributed by atoms with E-state index in [2.05, 4.69) is 15.6 Å². The number of benzene rings is 1. The van der Waals surface area contributed by atoms with Gasteiger partial charge < -0.3 is 5.43 Å². The molecule has 0 saturated heterocycles. The van der Waals surface area contributed by atoms with E-state index in [1.165, 1.54) is 0 Å². The van der Waals surface area contributed by atoms with Crippen LogP contribution < -0.4 is 11.3 Å². The fourth-order valence-corrected chi connectivity index (χ4v) is 1.52. The number of halogens is 3. The molecule has 0 aliphatic heterocycles. The number of H-pyrrole nitrogens is 1. The van der Waals surface area contributed by atoms with E-state index in [9.17, 15) is 23.3 Å². The molecule has 0 radical (unpaired) electrons. The molecule has 0 saturated carbocycles. The summed E-state index contributed by atoms with van der Waals surface area (Å²) < 4.78 is 37.8. The number of rotatable bonds is 2. The van der Waals surface area contributed by atoms with Crippen LogP contribution in [0, 0.1) is 10.1 Å². The first-order valence-corrected chi connectivity index (χ1v) is 4.55. The molecule has 1 aromatic carbocycles. The number of alkyl halides is 3. The van der Waals surface area contributed by atoms with Gasteiger partial charge in [0, 0.05) is 6.07 Å². The van der Waals surface area contributed by atoms with Crippen molar-refractivity contribution in [1.82, 2.24) is 10.2 Å². The number of nitrogen functional groups attached to an aromatic ring is 1. The molecule has 0 atom stereocenters. The van der Waals surface area contributed by atoms with Crippen molar-refractivity contribution in [3.63, 3.8) is 0 Å². The zero-order chi connectivity index (χ0) is 13.5. The van der Waals surface area contributed by atoms with E-state index in [0.29, 0.717) is 6.07 Å². The van der Waals surface area contributed by atoms with Crippen molar-refractivity contribution in [2.45, 2.75) is 6.18 Å². The van der Waals surface area contributed by atoms with Gasteiger partial charge in [0.15, 0.2) is 5.82 Å². The third-order valence-electron chi connectivity index (χ3n) is 2.31. The summed E-state index contributed by atoms with van der Waals surface area (Å²) in [6.07, 6.45) is -4.69. The molecule has 10 heteroatoms. The predicted molar refractivity (Wildman–Crippen MR) is 55.6 cm³/mol. The third-order valence-corrected chi connectivity index (χ3v) is 2.31. The Hall–Kier alpha value is -2.36. The van der Waals surface area contributed by atoms with Crippen molar-refractivity contribution < 1.29 is 18.1 Å². The van der Waals surface area contributed by atoms with Crippen LogP contribution in [-0.4, -0.2) is 15.1 Å². The van der Waals surface area contributed by atoms with Crippen LogP contribution in [0.3, 0.4) is 0 Å². The highest BCUT2D eigenvalue weighted by Gasteiger charge is 2.34. The van der Waals surface area contributed by atoms with Crippen molar-refractivity contribution in [1.29, 1.82) is 0 Å². The summed E-state index contributed by atoms with van der Waals surface area (Å²) in [6.45, 7) is 0. The fraction of sp³-hybridized carbons (Fsp3) is 0.125. The summed E-state index contributed by atoms with van der Waals surface area (Å²) in [6, 6.07) is 1.18. The molecule has 4 N–H and O–H groups in total. The number of fused-ring (bicyclic) bond motifs is 1. The Morgan fingerprint density at radius 3 is 2.61 bits per heavy atom. The van der Waals surface area contributed by atoms with E-state index >= 15 is 0 Å². The van der Waals surface area contributed by atoms with Gasteiger partial charge >= 0.3 is 6.18 Å². The topological polar surface area (TPSA) is 110 Å². The van der Waals surface area contributed by atoms with E-state index in [4.69, 9.17) is 5.84 Å². The van der Waals surface area contributed by atoms with Gasteiger partial charge in [-0.15, -0.1) is 0 Å². The zero-order valence-corrected chi connectivity index (χ0v) is 8.58. The number of nitro groups is 1. The Balaban J connectivity index is 2.81. The van der Waals surface area contributed by atoms with Crippen molar-refractivity contribution in [2.24, 2.45) is 5.84 Å². The molecule has 0 spiro atoms. The Kier molecular flexibility index (Phi) is 2.58. The molecule has 2 aromatic rings. The van der Waals surface area contributed by atoms with E-state index < -0.39 is 22.4 Å². The SMILES string of the molecule is NNc1n[nH]c2c([N+](=O)[O-])cc(C(F)(F)F)cc12. The molecule has 0 unspecified atom stereocenters. The zero-order valence-electron chi connectivity index (χ0n) is 8.58. The van der Waals surface area contributed by atoms with Crippen LogP contribution in [0.5, 0.6) is 0 Å². The Bertz CT molecular complexity index is 621. The normalized spacial score (nSPS) is 11.8. The summed E-state index contributed by atoms with van der Waals surface area (Å²) in [7, 11) is 0. The van der Waals surface area contributed by atoms with E-state index in [1.54, 1.807) is 0 Å². The molecule has 0 amide bonds. The Labute approximate surface area is 96.9 Å². The first kappa shape index (κ1) is 12.1. The van der Waals surface area contributed by atoms with Crippen molar-refractivity contribution in [3.05, 3.63) is 27.8 Å². The number of aromatic amines is 1. The van der Waals surface area contributed by atoms with Gasteiger partial charge in [-0.2, -0.15) is 18.3 Å². The van der Waals surface area contributed by atoms with E-state index in [1.807, 2.05) is 0 Å². The lowest BCUT2D eigenvalue weighted by Crippen LogP contribution is -2.08. The third kappa shape index (κ3) is 1.82. The van der Waals surface area contributed by atoms with Crippen molar-refractivity contribution >= 4 is 22.4 Å². The minimum Gasteiger partial charge on any atom is -0.306 e. The lowest BCUT2D eigenvalue weighted by molar-refractivity contribution is -0.383. The number of hydrogen-bond acceptors (Lipinski definition) is 5. The monoisotopic (exact) mass is 261 g/mol. The highest BCUT2D eigenvalue weighted by atomic mass is 19.4. The van der Waals surface area contributed by atoms with Crippen LogP contribution in [0.15, 0.2) is 12.1 Å². The van der Waals surface area contributed by atoms with Crippen LogP contribution in [0.1, 0.15) is 5.56 Å². The second-order valence-electron chi connectivity index (χ2n) is 3.39. The predicted octanol–water partition coefficient (Wildman–Crippen LogP) is 1.78. The minimum absolute atomic E-state index is 0.0980. The maximum atomic E-state index is 12.6. The van der Waals surface area contributed by atoms with Gasteiger partial charge in [0.2, 0.25) is 0 Å². The van der Waals surface area contributed by atoms with Gasteiger partial charge in [-0.25, -0.2) is 5.84 Å². The molecule has 0 aliphatic rings. The smallest absolute Gasteiger partial charge is 0.306 e. The molecule has 7 nitrogen and oxygen atoms in total. The standard InChI is InChI=1S/C8H6F3N5O2/c9-8(10,11)3-1-4-6(5(2-3)16(17)18)14-15-7(4)13-12/h1-2H,12H2,(H2,13,14,15). The number of nitrogens with zero attached hydrogens (tertiary/aromatic N) is 2. The number of nitrogens with two attached hydrogens (primary N) is 1. The second-order valence-corrected chi connectivity index (χ2v) is 3.39. The molecule has 0 fully saturated rings. The fourth-order valence-electron chi connectivity index (χ4n) is 1.52. The van der Waals surface area contributed by atoms with Crippen LogP contribution in [0.2, 0.25) is 0 Å². The van der Waals surface area contributed by atoms with Gasteiger partial charge in [-0.1, -0.05) is 0 Å². The molecule has 96 valence electrons. The first-order chi connectivity index (χ1) is 8.34. The molecule has 0 bridgehead atoms. The number of aromatic nitrogens is 2. The minimum atomic E-state index is -4.69.